The number of aromatic amines is 1. The molecular formula is C15H20N2. The lowest BCUT2D eigenvalue weighted by atomic mass is 9.84. The Hall–Kier alpha value is -1.54. The van der Waals surface area contributed by atoms with E-state index < -0.39 is 0 Å². The maximum atomic E-state index is 5.78. The lowest BCUT2D eigenvalue weighted by Crippen LogP contribution is -2.27. The van der Waals surface area contributed by atoms with Gasteiger partial charge in [0.2, 0.25) is 0 Å². The van der Waals surface area contributed by atoms with E-state index in [2.05, 4.69) is 49.2 Å². The van der Waals surface area contributed by atoms with Gasteiger partial charge in [0.25, 0.3) is 0 Å². The summed E-state index contributed by atoms with van der Waals surface area (Å²) in [5.41, 5.74) is 9.80. The van der Waals surface area contributed by atoms with Crippen molar-refractivity contribution in [2.75, 3.05) is 6.54 Å². The first-order valence-corrected chi connectivity index (χ1v) is 6.03. The summed E-state index contributed by atoms with van der Waals surface area (Å²) in [5, 5.41) is 0. The molecule has 2 nitrogen and oxygen atoms in total. The lowest BCUT2D eigenvalue weighted by molar-refractivity contribution is 0.539. The molecule has 1 aromatic carbocycles. The van der Waals surface area contributed by atoms with Crippen LogP contribution in [0.15, 0.2) is 42.7 Å². The Labute approximate surface area is 103 Å². The fraction of sp³-hybridized carbons (Fsp3) is 0.333. The van der Waals surface area contributed by atoms with E-state index in [-0.39, 0.29) is 5.41 Å². The predicted molar refractivity (Wildman–Crippen MR) is 72.1 cm³/mol. The van der Waals surface area contributed by atoms with Crippen LogP contribution in [-0.4, -0.2) is 11.5 Å². The van der Waals surface area contributed by atoms with Crippen molar-refractivity contribution in [1.29, 1.82) is 0 Å². The molecule has 0 radical (unpaired) electrons. The average Bonchev–Trinajstić information content (AvgIpc) is 2.83. The standard InChI is InChI=1S/C15H20N2/c1-15(2,11-16)14-5-3-12(4-6-14)9-13-7-8-17-10-13/h3-8,10,17H,9,11,16H2,1-2H3. The molecule has 3 N–H and O–H groups in total. The van der Waals surface area contributed by atoms with Crippen LogP contribution in [0.4, 0.5) is 0 Å². The molecule has 0 fully saturated rings. The minimum atomic E-state index is 0.0621. The summed E-state index contributed by atoms with van der Waals surface area (Å²) in [6.45, 7) is 5.02. The Balaban J connectivity index is 2.13. The van der Waals surface area contributed by atoms with Gasteiger partial charge in [-0.1, -0.05) is 38.1 Å². The molecule has 0 amide bonds. The van der Waals surface area contributed by atoms with Crippen LogP contribution >= 0.6 is 0 Å². The van der Waals surface area contributed by atoms with Crippen molar-refractivity contribution in [2.45, 2.75) is 25.7 Å². The molecule has 2 aromatic rings. The van der Waals surface area contributed by atoms with Gasteiger partial charge in [-0.05, 0) is 29.2 Å². The third-order valence-electron chi connectivity index (χ3n) is 3.32. The fourth-order valence-electron chi connectivity index (χ4n) is 1.90. The first-order valence-electron chi connectivity index (χ1n) is 6.03. The van der Waals surface area contributed by atoms with Crippen LogP contribution in [0.25, 0.3) is 0 Å². The van der Waals surface area contributed by atoms with Gasteiger partial charge in [0.05, 0.1) is 0 Å². The van der Waals surface area contributed by atoms with E-state index >= 15 is 0 Å². The van der Waals surface area contributed by atoms with E-state index in [0.29, 0.717) is 6.54 Å². The second-order valence-electron chi connectivity index (χ2n) is 5.18. The number of nitrogens with two attached hydrogens (primary N) is 1. The SMILES string of the molecule is CC(C)(CN)c1ccc(Cc2cc[nH]c2)cc1. The van der Waals surface area contributed by atoms with Gasteiger partial charge in [-0.3, -0.25) is 0 Å². The second kappa shape index (κ2) is 4.76. The van der Waals surface area contributed by atoms with Gasteiger partial charge in [0.15, 0.2) is 0 Å². The second-order valence-corrected chi connectivity index (χ2v) is 5.18. The zero-order valence-electron chi connectivity index (χ0n) is 10.5. The molecule has 90 valence electrons. The van der Waals surface area contributed by atoms with E-state index in [1.54, 1.807) is 0 Å². The monoisotopic (exact) mass is 228 g/mol. The van der Waals surface area contributed by atoms with Crippen LogP contribution in [0.5, 0.6) is 0 Å². The van der Waals surface area contributed by atoms with Crippen LogP contribution < -0.4 is 5.73 Å². The van der Waals surface area contributed by atoms with Gasteiger partial charge < -0.3 is 10.7 Å². The first kappa shape index (κ1) is 11.9. The topological polar surface area (TPSA) is 41.8 Å². The maximum Gasteiger partial charge on any atom is 0.00407 e. The molecule has 0 saturated heterocycles. The van der Waals surface area contributed by atoms with Crippen molar-refractivity contribution in [3.05, 3.63) is 59.4 Å². The zero-order valence-corrected chi connectivity index (χ0v) is 10.5. The fourth-order valence-corrected chi connectivity index (χ4v) is 1.90. The molecule has 1 aromatic heterocycles. The summed E-state index contributed by atoms with van der Waals surface area (Å²) in [6.07, 6.45) is 4.98. The Bertz CT molecular complexity index is 452. The summed E-state index contributed by atoms with van der Waals surface area (Å²) in [5.74, 6) is 0. The molecule has 2 rings (SSSR count). The third kappa shape index (κ3) is 2.77. The van der Waals surface area contributed by atoms with Crippen LogP contribution in [0, 0.1) is 0 Å². The van der Waals surface area contributed by atoms with E-state index in [4.69, 9.17) is 5.73 Å². The molecule has 0 unspecified atom stereocenters. The number of rotatable bonds is 4. The average molecular weight is 228 g/mol. The zero-order chi connectivity index (χ0) is 12.3. The maximum absolute atomic E-state index is 5.78. The number of H-pyrrole nitrogens is 1. The number of aromatic nitrogens is 1. The van der Waals surface area contributed by atoms with Gasteiger partial charge in [-0.25, -0.2) is 0 Å². The molecule has 0 aliphatic heterocycles. The normalized spacial score (nSPS) is 11.7. The minimum Gasteiger partial charge on any atom is -0.367 e. The summed E-state index contributed by atoms with van der Waals surface area (Å²) < 4.78 is 0. The molecule has 0 bridgehead atoms. The van der Waals surface area contributed by atoms with Crippen LogP contribution in [-0.2, 0) is 11.8 Å². The lowest BCUT2D eigenvalue weighted by Gasteiger charge is -2.23. The van der Waals surface area contributed by atoms with Crippen LogP contribution in [0.1, 0.15) is 30.5 Å². The number of benzene rings is 1. The first-order chi connectivity index (χ1) is 8.12. The molecular weight excluding hydrogens is 208 g/mol. The highest BCUT2D eigenvalue weighted by Crippen LogP contribution is 2.22. The Morgan fingerprint density at radius 1 is 1.06 bits per heavy atom. The number of hydrogen-bond donors (Lipinski definition) is 2. The molecule has 0 spiro atoms. The third-order valence-corrected chi connectivity index (χ3v) is 3.32. The number of hydrogen-bond acceptors (Lipinski definition) is 1. The van der Waals surface area contributed by atoms with Gasteiger partial charge in [-0.2, -0.15) is 0 Å². The van der Waals surface area contributed by atoms with E-state index in [1.165, 1.54) is 16.7 Å². The molecule has 0 atom stereocenters. The summed E-state index contributed by atoms with van der Waals surface area (Å²) in [4.78, 5) is 3.08. The summed E-state index contributed by atoms with van der Waals surface area (Å²) in [7, 11) is 0. The van der Waals surface area contributed by atoms with Gasteiger partial charge in [0.1, 0.15) is 0 Å². The van der Waals surface area contributed by atoms with Gasteiger partial charge >= 0.3 is 0 Å². The highest BCUT2D eigenvalue weighted by atomic mass is 14.6. The molecule has 0 saturated carbocycles. The van der Waals surface area contributed by atoms with Crippen molar-refractivity contribution in [2.24, 2.45) is 5.73 Å². The highest BCUT2D eigenvalue weighted by molar-refractivity contribution is 5.31. The summed E-state index contributed by atoms with van der Waals surface area (Å²) in [6, 6.07) is 10.9. The molecule has 0 aliphatic carbocycles. The Morgan fingerprint density at radius 3 is 2.29 bits per heavy atom. The van der Waals surface area contributed by atoms with Gasteiger partial charge in [0, 0.05) is 24.4 Å². The van der Waals surface area contributed by atoms with E-state index in [0.717, 1.165) is 6.42 Å². The molecule has 2 heteroatoms. The molecule has 17 heavy (non-hydrogen) atoms. The smallest absolute Gasteiger partial charge is 0.00407 e. The molecule has 1 heterocycles. The summed E-state index contributed by atoms with van der Waals surface area (Å²) >= 11 is 0. The van der Waals surface area contributed by atoms with Gasteiger partial charge in [-0.15, -0.1) is 0 Å². The van der Waals surface area contributed by atoms with Crippen molar-refractivity contribution in [1.82, 2.24) is 4.98 Å². The van der Waals surface area contributed by atoms with Crippen molar-refractivity contribution in [3.63, 3.8) is 0 Å². The largest absolute Gasteiger partial charge is 0.367 e. The number of nitrogens with one attached hydrogen (secondary N) is 1. The highest BCUT2D eigenvalue weighted by Gasteiger charge is 2.17. The van der Waals surface area contributed by atoms with Crippen molar-refractivity contribution >= 4 is 0 Å². The quantitative estimate of drug-likeness (QED) is 0.830. The van der Waals surface area contributed by atoms with E-state index in [1.807, 2.05) is 12.4 Å². The van der Waals surface area contributed by atoms with Crippen LogP contribution in [0.3, 0.4) is 0 Å². The predicted octanol–water partition coefficient (Wildman–Crippen LogP) is 2.84. The van der Waals surface area contributed by atoms with Crippen LogP contribution in [0.2, 0.25) is 0 Å². The van der Waals surface area contributed by atoms with E-state index in [9.17, 15) is 0 Å². The Kier molecular flexibility index (Phi) is 3.34. The minimum absolute atomic E-state index is 0.0621. The Morgan fingerprint density at radius 2 is 1.76 bits per heavy atom. The van der Waals surface area contributed by atoms with Crippen molar-refractivity contribution < 1.29 is 0 Å². The molecule has 0 aliphatic rings. The van der Waals surface area contributed by atoms with Crippen molar-refractivity contribution in [3.8, 4) is 0 Å².